The van der Waals surface area contributed by atoms with E-state index in [4.69, 9.17) is 4.74 Å². The second-order valence-corrected chi connectivity index (χ2v) is 4.80. The van der Waals surface area contributed by atoms with Crippen molar-refractivity contribution in [3.63, 3.8) is 0 Å². The summed E-state index contributed by atoms with van der Waals surface area (Å²) in [4.78, 5) is 22.0. The Labute approximate surface area is 126 Å². The number of ether oxygens (including phenoxy) is 1. The molecule has 22 heavy (non-hydrogen) atoms. The number of aromatic amines is 1. The molecule has 8 heteroatoms. The quantitative estimate of drug-likeness (QED) is 0.801. The molecule has 1 atom stereocenters. The van der Waals surface area contributed by atoms with Gasteiger partial charge >= 0.3 is 0 Å². The zero-order valence-electron chi connectivity index (χ0n) is 11.7. The number of carbonyl (C=O) groups is 1. The van der Waals surface area contributed by atoms with Crippen LogP contribution in [0.15, 0.2) is 30.9 Å². The first-order chi connectivity index (χ1) is 10.7. The van der Waals surface area contributed by atoms with Gasteiger partial charge in [0.2, 0.25) is 5.91 Å². The molecule has 0 aliphatic carbocycles. The summed E-state index contributed by atoms with van der Waals surface area (Å²) < 4.78 is 5.42. The highest BCUT2D eigenvalue weighted by Gasteiger charge is 2.29. The van der Waals surface area contributed by atoms with Crippen molar-refractivity contribution in [1.29, 1.82) is 0 Å². The highest BCUT2D eigenvalue weighted by Crippen LogP contribution is 2.21. The summed E-state index contributed by atoms with van der Waals surface area (Å²) in [6, 6.07) is 1.25. The molecule has 2 aromatic heterocycles. The predicted molar refractivity (Wildman–Crippen MR) is 76.6 cm³/mol. The molecule has 1 fully saturated rings. The number of pyridine rings is 1. The summed E-state index contributed by atoms with van der Waals surface area (Å²) in [5.41, 5.74) is 0.651. The van der Waals surface area contributed by atoms with E-state index in [1.165, 1.54) is 24.7 Å². The molecule has 3 heterocycles. The first-order valence-electron chi connectivity index (χ1n) is 6.80. The molecule has 1 amide bonds. The third kappa shape index (κ3) is 3.12. The zero-order chi connectivity index (χ0) is 15.4. The van der Waals surface area contributed by atoms with Crippen LogP contribution in [0, 0.1) is 0 Å². The summed E-state index contributed by atoms with van der Waals surface area (Å²) >= 11 is 0. The van der Waals surface area contributed by atoms with Gasteiger partial charge in [0.05, 0.1) is 19.4 Å². The maximum atomic E-state index is 12.4. The van der Waals surface area contributed by atoms with E-state index in [1.807, 2.05) is 0 Å². The second kappa shape index (κ2) is 6.35. The number of morpholine rings is 1. The molecule has 2 aromatic rings. The van der Waals surface area contributed by atoms with Crippen LogP contribution in [0.4, 0.5) is 0 Å². The van der Waals surface area contributed by atoms with Gasteiger partial charge in [-0.15, -0.1) is 0 Å². The van der Waals surface area contributed by atoms with Gasteiger partial charge < -0.3 is 14.7 Å². The van der Waals surface area contributed by atoms with Crippen LogP contribution in [0.3, 0.4) is 0 Å². The van der Waals surface area contributed by atoms with E-state index in [2.05, 4.69) is 20.2 Å². The van der Waals surface area contributed by atoms with Gasteiger partial charge in [-0.3, -0.25) is 14.9 Å². The minimum absolute atomic E-state index is 0.0560. The number of hydrogen-bond donors (Lipinski definition) is 2. The molecular weight excluding hydrogens is 286 g/mol. The molecule has 2 N–H and O–H groups in total. The molecule has 0 spiro atoms. The number of carbonyl (C=O) groups excluding carboxylic acids is 1. The number of aromatic nitrogens is 4. The number of rotatable bonds is 3. The van der Waals surface area contributed by atoms with Crippen LogP contribution in [-0.4, -0.2) is 55.8 Å². The number of hydrogen-bond acceptors (Lipinski definition) is 6. The van der Waals surface area contributed by atoms with Crippen LogP contribution < -0.4 is 0 Å². The Morgan fingerprint density at radius 2 is 2.41 bits per heavy atom. The molecule has 114 valence electrons. The van der Waals surface area contributed by atoms with E-state index in [9.17, 15) is 9.90 Å². The minimum Gasteiger partial charge on any atom is -0.506 e. The molecule has 0 radical (unpaired) electrons. The highest BCUT2D eigenvalue weighted by atomic mass is 16.5. The monoisotopic (exact) mass is 301 g/mol. The average molecular weight is 301 g/mol. The van der Waals surface area contributed by atoms with Crippen LogP contribution in [0.5, 0.6) is 5.75 Å². The van der Waals surface area contributed by atoms with E-state index in [0.29, 0.717) is 31.1 Å². The molecular formula is C14H15N5O3. The third-order valence-corrected chi connectivity index (χ3v) is 3.32. The average Bonchev–Trinajstić information content (AvgIpc) is 3.07. The zero-order valence-corrected chi connectivity index (χ0v) is 11.7. The highest BCUT2D eigenvalue weighted by molar-refractivity contribution is 5.92. The lowest BCUT2D eigenvalue weighted by Crippen LogP contribution is -2.43. The van der Waals surface area contributed by atoms with Crippen LogP contribution >= 0.6 is 0 Å². The lowest BCUT2D eigenvalue weighted by Gasteiger charge is -2.33. The molecule has 0 aromatic carbocycles. The van der Waals surface area contributed by atoms with Crippen LogP contribution in [-0.2, 0) is 9.53 Å². The van der Waals surface area contributed by atoms with Crippen molar-refractivity contribution in [3.8, 4) is 5.75 Å². The van der Waals surface area contributed by atoms with E-state index < -0.39 is 0 Å². The smallest absolute Gasteiger partial charge is 0.247 e. The number of nitrogens with zero attached hydrogens (tertiary/aromatic N) is 4. The number of H-pyrrole nitrogens is 1. The second-order valence-electron chi connectivity index (χ2n) is 4.80. The van der Waals surface area contributed by atoms with Crippen LogP contribution in [0.25, 0.3) is 6.08 Å². The molecule has 1 saturated heterocycles. The van der Waals surface area contributed by atoms with Crippen molar-refractivity contribution < 1.29 is 14.6 Å². The minimum atomic E-state index is -0.282. The van der Waals surface area contributed by atoms with Gasteiger partial charge in [-0.2, -0.15) is 5.10 Å². The lowest BCUT2D eigenvalue weighted by atomic mass is 10.2. The van der Waals surface area contributed by atoms with Crippen molar-refractivity contribution in [3.05, 3.63) is 42.3 Å². The fourth-order valence-electron chi connectivity index (χ4n) is 2.27. The molecule has 1 aliphatic rings. The molecule has 8 nitrogen and oxygen atoms in total. The maximum absolute atomic E-state index is 12.4. The van der Waals surface area contributed by atoms with E-state index in [0.717, 1.165) is 0 Å². The summed E-state index contributed by atoms with van der Waals surface area (Å²) in [6.45, 7) is 1.34. The third-order valence-electron chi connectivity index (χ3n) is 3.32. The van der Waals surface area contributed by atoms with E-state index >= 15 is 0 Å². The Kier molecular flexibility index (Phi) is 4.10. The van der Waals surface area contributed by atoms with Crippen molar-refractivity contribution in [2.24, 2.45) is 0 Å². The van der Waals surface area contributed by atoms with E-state index in [1.54, 1.807) is 17.2 Å². The molecule has 1 aliphatic heterocycles. The van der Waals surface area contributed by atoms with Gasteiger partial charge in [0.15, 0.2) is 0 Å². The van der Waals surface area contributed by atoms with Gasteiger partial charge in [0, 0.05) is 18.8 Å². The van der Waals surface area contributed by atoms with Crippen LogP contribution in [0.1, 0.15) is 17.4 Å². The largest absolute Gasteiger partial charge is 0.506 e. The Morgan fingerprint density at radius 3 is 3.18 bits per heavy atom. The number of amides is 1. The Balaban J connectivity index is 1.75. The Bertz CT molecular complexity index is 671. The molecule has 1 unspecified atom stereocenters. The molecule has 0 bridgehead atoms. The Hall–Kier alpha value is -2.74. The molecule has 0 saturated carbocycles. The lowest BCUT2D eigenvalue weighted by molar-refractivity contribution is -0.135. The van der Waals surface area contributed by atoms with Crippen molar-refractivity contribution in [2.75, 3.05) is 19.8 Å². The first-order valence-corrected chi connectivity index (χ1v) is 6.80. The summed E-state index contributed by atoms with van der Waals surface area (Å²) in [5.74, 6) is 0.494. The fourth-order valence-corrected chi connectivity index (χ4v) is 2.27. The molecule has 3 rings (SSSR count). The Morgan fingerprint density at radius 1 is 1.50 bits per heavy atom. The van der Waals surface area contributed by atoms with Gasteiger partial charge in [-0.1, -0.05) is 0 Å². The summed E-state index contributed by atoms with van der Waals surface area (Å²) in [5, 5.41) is 15.9. The predicted octanol–water partition coefficient (Wildman–Crippen LogP) is 0.519. The summed E-state index contributed by atoms with van der Waals surface area (Å²) in [6.07, 6.45) is 7.37. The topological polar surface area (TPSA) is 104 Å². The van der Waals surface area contributed by atoms with E-state index in [-0.39, 0.29) is 17.7 Å². The standard InChI is InChI=1S/C14H15N5O3/c20-11-5-10(6-15-7-11)1-2-13(21)19-3-4-22-8-12(19)14-16-9-17-18-14/h1-2,5-7,9,12,20H,3-4,8H2,(H,16,17,18)/b2-1+. The van der Waals surface area contributed by atoms with Crippen molar-refractivity contribution >= 4 is 12.0 Å². The van der Waals surface area contributed by atoms with Gasteiger partial charge in [-0.25, -0.2) is 4.98 Å². The van der Waals surface area contributed by atoms with Gasteiger partial charge in [-0.05, 0) is 17.7 Å². The van der Waals surface area contributed by atoms with Gasteiger partial charge in [0.1, 0.15) is 23.9 Å². The normalized spacial score (nSPS) is 18.7. The van der Waals surface area contributed by atoms with Crippen molar-refractivity contribution in [1.82, 2.24) is 25.1 Å². The summed E-state index contributed by atoms with van der Waals surface area (Å²) in [7, 11) is 0. The number of nitrogens with one attached hydrogen (secondary N) is 1. The van der Waals surface area contributed by atoms with Gasteiger partial charge in [0.25, 0.3) is 0 Å². The number of aromatic hydroxyl groups is 1. The van der Waals surface area contributed by atoms with Crippen LogP contribution in [0.2, 0.25) is 0 Å². The first kappa shape index (κ1) is 14.2. The van der Waals surface area contributed by atoms with Crippen molar-refractivity contribution in [2.45, 2.75) is 6.04 Å². The maximum Gasteiger partial charge on any atom is 0.247 e. The fraction of sp³-hybridized carbons (Fsp3) is 0.286. The SMILES string of the molecule is O=C(/C=C/c1cncc(O)c1)N1CCOCC1c1ncn[nH]1.